The Morgan fingerprint density at radius 1 is 1.14 bits per heavy atom. The van der Waals surface area contributed by atoms with E-state index in [1.165, 1.54) is 19.1 Å². The first-order valence-electron chi connectivity index (χ1n) is 8.86. The minimum atomic E-state index is -0.743. The summed E-state index contributed by atoms with van der Waals surface area (Å²) in [5.74, 6) is -1.67. The summed E-state index contributed by atoms with van der Waals surface area (Å²) in [5, 5.41) is 7.52. The van der Waals surface area contributed by atoms with Crippen molar-refractivity contribution in [3.05, 3.63) is 29.8 Å². The molecule has 0 aromatic heterocycles. The Morgan fingerprint density at radius 2 is 1.82 bits per heavy atom. The van der Waals surface area contributed by atoms with Gasteiger partial charge in [-0.3, -0.25) is 14.9 Å². The van der Waals surface area contributed by atoms with Gasteiger partial charge in [0.15, 0.2) is 6.61 Å². The zero-order valence-corrected chi connectivity index (χ0v) is 16.8. The van der Waals surface area contributed by atoms with Crippen molar-refractivity contribution in [3.63, 3.8) is 0 Å². The van der Waals surface area contributed by atoms with E-state index in [0.717, 1.165) is 0 Å². The van der Waals surface area contributed by atoms with Crippen molar-refractivity contribution in [2.45, 2.75) is 46.3 Å². The molecule has 0 spiro atoms. The maximum Gasteiger partial charge on any atom is 0.412 e. The zero-order valence-electron chi connectivity index (χ0n) is 16.8. The fraction of sp³-hybridized carbons (Fsp3) is 0.474. The molecular weight excluding hydrogens is 366 g/mol. The molecule has 3 N–H and O–H groups in total. The Balaban J connectivity index is 2.57. The maximum absolute atomic E-state index is 12.1. The fourth-order valence-electron chi connectivity index (χ4n) is 2.04. The third kappa shape index (κ3) is 8.52. The van der Waals surface area contributed by atoms with E-state index >= 15 is 0 Å². The van der Waals surface area contributed by atoms with Crippen molar-refractivity contribution in [2.24, 2.45) is 0 Å². The van der Waals surface area contributed by atoms with Crippen LogP contribution < -0.4 is 16.0 Å². The highest BCUT2D eigenvalue weighted by molar-refractivity contribution is 5.94. The summed E-state index contributed by atoms with van der Waals surface area (Å²) >= 11 is 0. The number of anilines is 1. The largest absolute Gasteiger partial charge is 0.452 e. The van der Waals surface area contributed by atoms with Crippen LogP contribution in [0.1, 0.15) is 45.0 Å². The molecule has 0 bridgehead atoms. The molecule has 0 radical (unpaired) electrons. The van der Waals surface area contributed by atoms with Crippen LogP contribution in [0.25, 0.3) is 0 Å². The zero-order chi connectivity index (χ0) is 21.3. The molecule has 154 valence electrons. The molecule has 3 amide bonds. The number of esters is 1. The number of rotatable bonds is 7. The van der Waals surface area contributed by atoms with Gasteiger partial charge in [0, 0.05) is 12.2 Å². The average Bonchev–Trinajstić information content (AvgIpc) is 2.58. The number of carbonyl (C=O) groups is 4. The number of ether oxygens (including phenoxy) is 2. The Labute approximate surface area is 164 Å². The molecule has 1 aromatic carbocycles. The van der Waals surface area contributed by atoms with Gasteiger partial charge in [0.2, 0.25) is 5.91 Å². The molecule has 0 heterocycles. The van der Waals surface area contributed by atoms with Crippen LogP contribution >= 0.6 is 0 Å². The number of benzene rings is 1. The van der Waals surface area contributed by atoms with E-state index in [0.29, 0.717) is 12.2 Å². The Bertz CT molecular complexity index is 727. The van der Waals surface area contributed by atoms with Gasteiger partial charge in [0.1, 0.15) is 11.6 Å². The Kier molecular flexibility index (Phi) is 8.43. The SMILES string of the molecule is CCNC(=O)[C@H](C)NC(=O)COC(=O)c1cccc(NC(=O)OC(C)(C)C)c1. The molecule has 9 nitrogen and oxygen atoms in total. The average molecular weight is 393 g/mol. The van der Waals surface area contributed by atoms with Gasteiger partial charge in [0.05, 0.1) is 5.56 Å². The van der Waals surface area contributed by atoms with E-state index < -0.39 is 36.2 Å². The van der Waals surface area contributed by atoms with Crippen LogP contribution in [0.4, 0.5) is 10.5 Å². The Hall–Kier alpha value is -3.10. The lowest BCUT2D eigenvalue weighted by Gasteiger charge is -2.19. The molecule has 0 aliphatic heterocycles. The van der Waals surface area contributed by atoms with E-state index in [2.05, 4.69) is 16.0 Å². The Morgan fingerprint density at radius 3 is 2.43 bits per heavy atom. The van der Waals surface area contributed by atoms with Gasteiger partial charge >= 0.3 is 12.1 Å². The van der Waals surface area contributed by atoms with Crippen LogP contribution in [0.2, 0.25) is 0 Å². The van der Waals surface area contributed by atoms with Crippen LogP contribution in [0, 0.1) is 0 Å². The van der Waals surface area contributed by atoms with Gasteiger partial charge in [-0.2, -0.15) is 0 Å². The normalized spacial score (nSPS) is 11.8. The number of hydrogen-bond acceptors (Lipinski definition) is 6. The van der Waals surface area contributed by atoms with Crippen LogP contribution in [-0.4, -0.2) is 48.7 Å². The lowest BCUT2D eigenvalue weighted by Crippen LogP contribution is -2.46. The van der Waals surface area contributed by atoms with Gasteiger partial charge in [-0.1, -0.05) is 6.07 Å². The van der Waals surface area contributed by atoms with Crippen LogP contribution in [0.3, 0.4) is 0 Å². The van der Waals surface area contributed by atoms with Gasteiger partial charge in [0.25, 0.3) is 5.91 Å². The van der Waals surface area contributed by atoms with Crippen molar-refractivity contribution >= 4 is 29.6 Å². The topological polar surface area (TPSA) is 123 Å². The molecule has 0 aliphatic carbocycles. The van der Waals surface area contributed by atoms with Crippen molar-refractivity contribution in [1.82, 2.24) is 10.6 Å². The molecule has 9 heteroatoms. The minimum Gasteiger partial charge on any atom is -0.452 e. The van der Waals surface area contributed by atoms with Crippen molar-refractivity contribution in [3.8, 4) is 0 Å². The lowest BCUT2D eigenvalue weighted by atomic mass is 10.2. The number of likely N-dealkylation sites (N-methyl/N-ethyl adjacent to an activating group) is 1. The van der Waals surface area contributed by atoms with Gasteiger partial charge in [-0.25, -0.2) is 9.59 Å². The first-order valence-corrected chi connectivity index (χ1v) is 8.86. The molecule has 0 fully saturated rings. The fourth-order valence-corrected chi connectivity index (χ4v) is 2.04. The van der Waals surface area contributed by atoms with Crippen LogP contribution in [0.15, 0.2) is 24.3 Å². The second-order valence-corrected chi connectivity index (χ2v) is 6.97. The van der Waals surface area contributed by atoms with Gasteiger partial charge < -0.3 is 20.1 Å². The summed E-state index contributed by atoms with van der Waals surface area (Å²) in [6.07, 6.45) is -0.656. The molecule has 0 unspecified atom stereocenters. The lowest BCUT2D eigenvalue weighted by molar-refractivity contribution is -0.130. The molecule has 0 aliphatic rings. The summed E-state index contributed by atoms with van der Waals surface area (Å²) in [4.78, 5) is 47.3. The first-order chi connectivity index (χ1) is 13.0. The maximum atomic E-state index is 12.1. The quantitative estimate of drug-likeness (QED) is 0.608. The summed E-state index contributed by atoms with van der Waals surface area (Å²) < 4.78 is 10.1. The number of hydrogen-bond donors (Lipinski definition) is 3. The first kappa shape index (κ1) is 22.9. The molecular formula is C19H27N3O6. The van der Waals surface area contributed by atoms with E-state index in [1.54, 1.807) is 39.8 Å². The predicted molar refractivity (Wildman–Crippen MR) is 103 cm³/mol. The molecule has 0 saturated carbocycles. The van der Waals surface area contributed by atoms with E-state index in [9.17, 15) is 19.2 Å². The second-order valence-electron chi connectivity index (χ2n) is 6.97. The molecule has 1 atom stereocenters. The summed E-state index contributed by atoms with van der Waals surface area (Å²) in [6, 6.07) is 5.29. The molecule has 28 heavy (non-hydrogen) atoms. The van der Waals surface area contributed by atoms with Crippen molar-refractivity contribution < 1.29 is 28.7 Å². The van der Waals surface area contributed by atoms with Crippen molar-refractivity contribution in [2.75, 3.05) is 18.5 Å². The summed E-state index contributed by atoms with van der Waals surface area (Å²) in [5.41, 5.74) is -0.157. The summed E-state index contributed by atoms with van der Waals surface area (Å²) in [7, 11) is 0. The smallest absolute Gasteiger partial charge is 0.412 e. The van der Waals surface area contributed by atoms with Gasteiger partial charge in [-0.15, -0.1) is 0 Å². The standard InChI is InChI=1S/C19H27N3O6/c1-6-20-16(24)12(2)21-15(23)11-27-17(25)13-8-7-9-14(10-13)22-18(26)28-19(3,4)5/h7-10,12H,6,11H2,1-5H3,(H,20,24)(H,21,23)(H,22,26)/t12-/m0/s1. The van der Waals surface area contributed by atoms with Crippen LogP contribution in [-0.2, 0) is 19.1 Å². The van der Waals surface area contributed by atoms with Gasteiger partial charge in [-0.05, 0) is 52.8 Å². The highest BCUT2D eigenvalue weighted by atomic mass is 16.6. The minimum absolute atomic E-state index is 0.151. The molecule has 0 saturated heterocycles. The third-order valence-electron chi connectivity index (χ3n) is 3.20. The second kappa shape index (κ2) is 10.3. The van der Waals surface area contributed by atoms with E-state index in [-0.39, 0.29) is 11.5 Å². The third-order valence-corrected chi connectivity index (χ3v) is 3.20. The van der Waals surface area contributed by atoms with E-state index in [4.69, 9.17) is 9.47 Å². The number of amides is 3. The highest BCUT2D eigenvalue weighted by Gasteiger charge is 2.18. The predicted octanol–water partition coefficient (Wildman–Crippen LogP) is 1.83. The van der Waals surface area contributed by atoms with E-state index in [1.807, 2.05) is 0 Å². The van der Waals surface area contributed by atoms with Crippen LogP contribution in [0.5, 0.6) is 0 Å². The number of carbonyl (C=O) groups excluding carboxylic acids is 4. The van der Waals surface area contributed by atoms with Crippen molar-refractivity contribution in [1.29, 1.82) is 0 Å². The molecule has 1 rings (SSSR count). The highest BCUT2D eigenvalue weighted by Crippen LogP contribution is 2.14. The molecule has 1 aromatic rings. The number of nitrogens with one attached hydrogen (secondary N) is 3. The monoisotopic (exact) mass is 393 g/mol. The summed E-state index contributed by atoms with van der Waals surface area (Å²) in [6.45, 7) is 8.40.